The average Bonchev–Trinajstić information content (AvgIpc) is 3.52. The monoisotopic (exact) mass is 528 g/mol. The van der Waals surface area contributed by atoms with Crippen LogP contribution in [0, 0.1) is 0 Å². The molecular formula is C36H24N4O. The Labute approximate surface area is 237 Å². The zero-order chi connectivity index (χ0) is 27.4. The Morgan fingerprint density at radius 1 is 0.366 bits per heavy atom. The van der Waals surface area contributed by atoms with E-state index >= 15 is 0 Å². The van der Waals surface area contributed by atoms with Crippen molar-refractivity contribution in [2.24, 2.45) is 0 Å². The fraction of sp³-hybridized carbons (Fsp3) is 0. The fourth-order valence-electron chi connectivity index (χ4n) is 4.89. The van der Waals surface area contributed by atoms with E-state index in [1.807, 2.05) is 133 Å². The third-order valence-electron chi connectivity index (χ3n) is 6.88. The summed E-state index contributed by atoms with van der Waals surface area (Å²) >= 11 is 0. The summed E-state index contributed by atoms with van der Waals surface area (Å²) in [5.41, 5.74) is 7.35. The van der Waals surface area contributed by atoms with Crippen molar-refractivity contribution >= 4 is 0 Å². The first-order valence-electron chi connectivity index (χ1n) is 13.4. The molecule has 5 aromatic carbocycles. The summed E-state index contributed by atoms with van der Waals surface area (Å²) in [6.07, 6.45) is 0. The summed E-state index contributed by atoms with van der Waals surface area (Å²) in [6.45, 7) is 0. The summed E-state index contributed by atoms with van der Waals surface area (Å²) in [6, 6.07) is 48.4. The van der Waals surface area contributed by atoms with Gasteiger partial charge in [0.15, 0.2) is 23.2 Å². The predicted molar refractivity (Wildman–Crippen MR) is 163 cm³/mol. The van der Waals surface area contributed by atoms with Crippen molar-refractivity contribution in [3.05, 3.63) is 146 Å². The molecule has 5 heteroatoms. The van der Waals surface area contributed by atoms with E-state index in [2.05, 4.69) is 17.3 Å². The molecule has 0 saturated heterocycles. The molecule has 194 valence electrons. The van der Waals surface area contributed by atoms with Crippen LogP contribution in [0.4, 0.5) is 0 Å². The quantitative estimate of drug-likeness (QED) is 0.216. The Morgan fingerprint density at radius 2 is 0.780 bits per heavy atom. The summed E-state index contributed by atoms with van der Waals surface area (Å²) in [5.74, 6) is 2.56. The minimum Gasteiger partial charge on any atom is -0.355 e. The van der Waals surface area contributed by atoms with E-state index in [0.717, 1.165) is 44.6 Å². The van der Waals surface area contributed by atoms with E-state index in [-0.39, 0.29) is 0 Å². The standard InChI is InChI=1S/C36H24N4O/c1-5-14-25(15-6-1)32-31(33(41-40-32)26-16-7-2-8-17-26)29-22-13-23-30(24-29)36-38-34(27-18-9-3-10-19-27)37-35(39-36)28-20-11-4-12-21-28/h1-24H. The summed E-state index contributed by atoms with van der Waals surface area (Å²) < 4.78 is 6.00. The van der Waals surface area contributed by atoms with Crippen LogP contribution in [0.3, 0.4) is 0 Å². The van der Waals surface area contributed by atoms with Crippen molar-refractivity contribution in [1.29, 1.82) is 0 Å². The largest absolute Gasteiger partial charge is 0.355 e. The van der Waals surface area contributed by atoms with Crippen LogP contribution in [0.15, 0.2) is 150 Å². The molecule has 0 N–H and O–H groups in total. The number of benzene rings is 5. The lowest BCUT2D eigenvalue weighted by molar-refractivity contribution is 0.435. The molecule has 2 aromatic heterocycles. The maximum absolute atomic E-state index is 6.00. The van der Waals surface area contributed by atoms with E-state index < -0.39 is 0 Å². The molecule has 0 saturated carbocycles. The number of rotatable bonds is 6. The third-order valence-corrected chi connectivity index (χ3v) is 6.88. The first-order valence-corrected chi connectivity index (χ1v) is 13.4. The highest BCUT2D eigenvalue weighted by Crippen LogP contribution is 2.41. The highest BCUT2D eigenvalue weighted by atomic mass is 16.5. The lowest BCUT2D eigenvalue weighted by Crippen LogP contribution is -2.00. The van der Waals surface area contributed by atoms with Gasteiger partial charge in [-0.05, 0) is 11.6 Å². The summed E-state index contributed by atoms with van der Waals surface area (Å²) in [4.78, 5) is 14.7. The van der Waals surface area contributed by atoms with Gasteiger partial charge in [0.25, 0.3) is 0 Å². The highest BCUT2D eigenvalue weighted by Gasteiger charge is 2.21. The normalized spacial score (nSPS) is 10.9. The highest BCUT2D eigenvalue weighted by molar-refractivity contribution is 5.91. The van der Waals surface area contributed by atoms with Crippen LogP contribution < -0.4 is 0 Å². The van der Waals surface area contributed by atoms with Gasteiger partial charge in [-0.3, -0.25) is 0 Å². The molecule has 7 aromatic rings. The third kappa shape index (κ3) is 4.92. The van der Waals surface area contributed by atoms with Crippen molar-refractivity contribution in [1.82, 2.24) is 20.1 Å². The maximum atomic E-state index is 6.00. The van der Waals surface area contributed by atoms with Crippen molar-refractivity contribution in [3.63, 3.8) is 0 Å². The van der Waals surface area contributed by atoms with Gasteiger partial charge in [0.05, 0.1) is 5.56 Å². The lowest BCUT2D eigenvalue weighted by Gasteiger charge is -2.10. The molecule has 0 unspecified atom stereocenters. The van der Waals surface area contributed by atoms with Crippen LogP contribution in [-0.2, 0) is 0 Å². The zero-order valence-electron chi connectivity index (χ0n) is 22.1. The SMILES string of the molecule is c1ccc(-c2nc(-c3ccccc3)nc(-c3cccc(-c4c(-c5ccccc5)noc4-c4ccccc4)c3)n2)cc1. The molecule has 2 heterocycles. The molecule has 0 aliphatic rings. The van der Waals surface area contributed by atoms with Crippen LogP contribution in [0.2, 0.25) is 0 Å². The lowest BCUT2D eigenvalue weighted by atomic mass is 9.95. The van der Waals surface area contributed by atoms with Gasteiger partial charge in [-0.2, -0.15) is 0 Å². The molecular weight excluding hydrogens is 504 g/mol. The van der Waals surface area contributed by atoms with Gasteiger partial charge in [0, 0.05) is 27.8 Å². The second-order valence-electron chi connectivity index (χ2n) is 9.59. The number of hydrogen-bond donors (Lipinski definition) is 0. The molecule has 0 spiro atoms. The van der Waals surface area contributed by atoms with Gasteiger partial charge >= 0.3 is 0 Å². The molecule has 7 rings (SSSR count). The van der Waals surface area contributed by atoms with E-state index in [9.17, 15) is 0 Å². The van der Waals surface area contributed by atoms with Crippen LogP contribution in [0.25, 0.3) is 67.9 Å². The van der Waals surface area contributed by atoms with Gasteiger partial charge in [-0.1, -0.05) is 145 Å². The van der Waals surface area contributed by atoms with Crippen LogP contribution in [0.5, 0.6) is 0 Å². The van der Waals surface area contributed by atoms with Gasteiger partial charge in [-0.25, -0.2) is 15.0 Å². The fourth-order valence-corrected chi connectivity index (χ4v) is 4.89. The predicted octanol–water partition coefficient (Wildman–Crippen LogP) is 8.86. The van der Waals surface area contributed by atoms with Crippen LogP contribution >= 0.6 is 0 Å². The van der Waals surface area contributed by atoms with Gasteiger partial charge in [0.2, 0.25) is 0 Å². The molecule has 5 nitrogen and oxygen atoms in total. The van der Waals surface area contributed by atoms with E-state index in [0.29, 0.717) is 23.2 Å². The Hall–Kier alpha value is -5.68. The molecule has 0 atom stereocenters. The molecule has 0 bridgehead atoms. The van der Waals surface area contributed by atoms with Gasteiger partial charge < -0.3 is 4.52 Å². The van der Waals surface area contributed by atoms with Crippen LogP contribution in [-0.4, -0.2) is 20.1 Å². The molecule has 0 aliphatic carbocycles. The minimum absolute atomic E-state index is 0.596. The molecule has 41 heavy (non-hydrogen) atoms. The zero-order valence-corrected chi connectivity index (χ0v) is 22.1. The Morgan fingerprint density at radius 3 is 1.32 bits per heavy atom. The minimum atomic E-state index is 0.596. The topological polar surface area (TPSA) is 64.7 Å². The van der Waals surface area contributed by atoms with E-state index in [4.69, 9.17) is 19.5 Å². The Kier molecular flexibility index (Phi) is 6.44. The van der Waals surface area contributed by atoms with Crippen molar-refractivity contribution in [2.45, 2.75) is 0 Å². The Balaban J connectivity index is 1.41. The Bertz CT molecular complexity index is 1810. The van der Waals surface area contributed by atoms with Gasteiger partial charge in [0.1, 0.15) is 5.69 Å². The second kappa shape index (κ2) is 10.8. The second-order valence-corrected chi connectivity index (χ2v) is 9.59. The van der Waals surface area contributed by atoms with Crippen molar-refractivity contribution < 1.29 is 4.52 Å². The first kappa shape index (κ1) is 24.4. The molecule has 0 aliphatic heterocycles. The average molecular weight is 529 g/mol. The maximum Gasteiger partial charge on any atom is 0.175 e. The summed E-state index contributed by atoms with van der Waals surface area (Å²) in [5, 5.41) is 4.53. The van der Waals surface area contributed by atoms with Gasteiger partial charge in [-0.15, -0.1) is 0 Å². The van der Waals surface area contributed by atoms with Crippen molar-refractivity contribution in [3.8, 4) is 67.9 Å². The molecule has 0 fully saturated rings. The molecule has 0 radical (unpaired) electrons. The van der Waals surface area contributed by atoms with Crippen molar-refractivity contribution in [2.75, 3.05) is 0 Å². The smallest absolute Gasteiger partial charge is 0.175 e. The summed E-state index contributed by atoms with van der Waals surface area (Å²) in [7, 11) is 0. The first-order chi connectivity index (χ1) is 20.3. The van der Waals surface area contributed by atoms with E-state index in [1.54, 1.807) is 0 Å². The van der Waals surface area contributed by atoms with E-state index in [1.165, 1.54) is 0 Å². The number of hydrogen-bond acceptors (Lipinski definition) is 5. The van der Waals surface area contributed by atoms with Crippen LogP contribution in [0.1, 0.15) is 0 Å². The molecule has 0 amide bonds. The number of aromatic nitrogens is 4. The number of nitrogens with zero attached hydrogens (tertiary/aromatic N) is 4.